The van der Waals surface area contributed by atoms with Gasteiger partial charge in [0.1, 0.15) is 5.76 Å². The summed E-state index contributed by atoms with van der Waals surface area (Å²) in [4.78, 5) is 10.6. The van der Waals surface area contributed by atoms with Gasteiger partial charge in [0.15, 0.2) is 0 Å². The fourth-order valence-corrected chi connectivity index (χ4v) is 1.15. The van der Waals surface area contributed by atoms with Crippen LogP contribution in [0.1, 0.15) is 6.92 Å². The molecule has 0 amide bonds. The molecule has 0 spiro atoms. The van der Waals surface area contributed by atoms with E-state index in [1.54, 1.807) is 24.3 Å². The van der Waals surface area contributed by atoms with Crippen molar-refractivity contribution in [2.75, 3.05) is 0 Å². The lowest BCUT2D eigenvalue weighted by Gasteiger charge is -1.95. The van der Waals surface area contributed by atoms with E-state index in [-0.39, 0.29) is 5.76 Å². The standard InChI is InChI=1S/C10H9BrN2O3/c1-6(14)9(10(15)16)13-12-8-4-2-7(11)3-5-8/h2-5,14H,1H3,(H,15,16)/b9-6-,13-12?. The number of hydrogen-bond acceptors (Lipinski definition) is 4. The normalized spacial score (nSPS) is 12.6. The Morgan fingerprint density at radius 1 is 1.25 bits per heavy atom. The van der Waals surface area contributed by atoms with Gasteiger partial charge in [-0.15, -0.1) is 5.11 Å². The first kappa shape index (κ1) is 12.4. The van der Waals surface area contributed by atoms with Crippen molar-refractivity contribution in [1.82, 2.24) is 0 Å². The number of allylic oxidation sites excluding steroid dienone is 1. The number of carboxylic acids is 1. The van der Waals surface area contributed by atoms with Crippen LogP contribution in [0.2, 0.25) is 0 Å². The van der Waals surface area contributed by atoms with Crippen LogP contribution in [0, 0.1) is 0 Å². The molecule has 0 radical (unpaired) electrons. The van der Waals surface area contributed by atoms with Gasteiger partial charge in [0.25, 0.3) is 0 Å². The van der Waals surface area contributed by atoms with E-state index in [0.29, 0.717) is 5.69 Å². The fourth-order valence-electron chi connectivity index (χ4n) is 0.885. The summed E-state index contributed by atoms with van der Waals surface area (Å²) in [5, 5.41) is 24.9. The van der Waals surface area contributed by atoms with Crippen molar-refractivity contribution in [2.24, 2.45) is 10.2 Å². The lowest BCUT2D eigenvalue weighted by Crippen LogP contribution is -2.00. The molecule has 0 fully saturated rings. The number of carbonyl (C=O) groups is 1. The zero-order chi connectivity index (χ0) is 12.1. The summed E-state index contributed by atoms with van der Waals surface area (Å²) in [6.45, 7) is 1.24. The monoisotopic (exact) mass is 284 g/mol. The van der Waals surface area contributed by atoms with Crippen LogP contribution in [0.3, 0.4) is 0 Å². The number of halogens is 1. The quantitative estimate of drug-likeness (QED) is 0.507. The van der Waals surface area contributed by atoms with Crippen LogP contribution in [-0.4, -0.2) is 16.2 Å². The smallest absolute Gasteiger partial charge is 0.359 e. The third kappa shape index (κ3) is 3.47. The van der Waals surface area contributed by atoms with E-state index in [2.05, 4.69) is 26.2 Å². The van der Waals surface area contributed by atoms with Gasteiger partial charge in [-0.25, -0.2) is 4.79 Å². The van der Waals surface area contributed by atoms with Crippen LogP contribution in [-0.2, 0) is 4.79 Å². The van der Waals surface area contributed by atoms with Crippen LogP contribution in [0.4, 0.5) is 5.69 Å². The highest BCUT2D eigenvalue weighted by Gasteiger charge is 2.09. The molecule has 0 aliphatic rings. The Morgan fingerprint density at radius 2 is 1.81 bits per heavy atom. The summed E-state index contributed by atoms with van der Waals surface area (Å²) in [5.74, 6) is -1.70. The van der Waals surface area contributed by atoms with E-state index in [1.807, 2.05) is 0 Å². The Hall–Kier alpha value is -1.69. The van der Waals surface area contributed by atoms with Crippen molar-refractivity contribution >= 4 is 27.6 Å². The Morgan fingerprint density at radius 3 is 2.25 bits per heavy atom. The SMILES string of the molecule is C/C(O)=C(/N=Nc1ccc(Br)cc1)C(=O)O. The lowest BCUT2D eigenvalue weighted by atomic mass is 10.3. The molecule has 0 unspecified atom stereocenters. The molecule has 1 aromatic carbocycles. The molecule has 0 aliphatic carbocycles. The molecule has 84 valence electrons. The average molecular weight is 285 g/mol. The molecule has 16 heavy (non-hydrogen) atoms. The third-order valence-corrected chi connectivity index (χ3v) is 2.17. The van der Waals surface area contributed by atoms with Crippen molar-refractivity contribution in [2.45, 2.75) is 6.92 Å². The Kier molecular flexibility index (Phi) is 4.19. The van der Waals surface area contributed by atoms with E-state index in [4.69, 9.17) is 10.2 Å². The first-order valence-electron chi connectivity index (χ1n) is 4.31. The van der Waals surface area contributed by atoms with Gasteiger partial charge in [0.2, 0.25) is 5.70 Å². The van der Waals surface area contributed by atoms with E-state index in [9.17, 15) is 4.79 Å². The lowest BCUT2D eigenvalue weighted by molar-refractivity contribution is -0.132. The highest BCUT2D eigenvalue weighted by atomic mass is 79.9. The van der Waals surface area contributed by atoms with Crippen molar-refractivity contribution in [3.05, 3.63) is 40.2 Å². The summed E-state index contributed by atoms with van der Waals surface area (Å²) in [6.07, 6.45) is 0. The molecule has 2 N–H and O–H groups in total. The Balaban J connectivity index is 2.92. The van der Waals surface area contributed by atoms with Gasteiger partial charge in [-0.3, -0.25) is 0 Å². The predicted octanol–water partition coefficient (Wildman–Crippen LogP) is 3.41. The van der Waals surface area contributed by atoms with Crippen LogP contribution in [0.5, 0.6) is 0 Å². The second-order valence-corrected chi connectivity index (χ2v) is 3.83. The minimum Gasteiger partial charge on any atom is -0.510 e. The summed E-state index contributed by atoms with van der Waals surface area (Å²) >= 11 is 3.26. The molecule has 0 saturated carbocycles. The number of aliphatic carboxylic acids is 1. The molecule has 0 aromatic heterocycles. The maximum Gasteiger partial charge on any atom is 0.359 e. The molecule has 6 heteroatoms. The number of rotatable bonds is 3. The minimum atomic E-state index is -1.32. The van der Waals surface area contributed by atoms with Gasteiger partial charge < -0.3 is 10.2 Å². The summed E-state index contributed by atoms with van der Waals surface area (Å²) in [7, 11) is 0. The van der Waals surface area contributed by atoms with E-state index in [0.717, 1.165) is 4.47 Å². The molecule has 0 heterocycles. The topological polar surface area (TPSA) is 82.2 Å². The second kappa shape index (κ2) is 5.41. The average Bonchev–Trinajstić information content (AvgIpc) is 2.20. The van der Waals surface area contributed by atoms with Crippen molar-refractivity contribution in [3.63, 3.8) is 0 Å². The third-order valence-electron chi connectivity index (χ3n) is 1.64. The number of benzene rings is 1. The van der Waals surface area contributed by atoms with Crippen LogP contribution in [0.25, 0.3) is 0 Å². The molecule has 1 rings (SSSR count). The van der Waals surface area contributed by atoms with E-state index >= 15 is 0 Å². The molecule has 0 atom stereocenters. The molecule has 1 aromatic rings. The number of aliphatic hydroxyl groups excluding tert-OH is 1. The van der Waals surface area contributed by atoms with Gasteiger partial charge in [0, 0.05) is 4.47 Å². The zero-order valence-corrected chi connectivity index (χ0v) is 9.97. The van der Waals surface area contributed by atoms with E-state index in [1.165, 1.54) is 6.92 Å². The van der Waals surface area contributed by atoms with E-state index < -0.39 is 11.7 Å². The Bertz CT molecular complexity index is 448. The molecule has 0 saturated heterocycles. The summed E-state index contributed by atoms with van der Waals surface area (Å²) in [5.41, 5.74) is 0.0334. The minimum absolute atomic E-state index is 0.381. The molecule has 0 aliphatic heterocycles. The number of hydrogen-bond donors (Lipinski definition) is 2. The highest BCUT2D eigenvalue weighted by Crippen LogP contribution is 2.18. The number of aliphatic hydroxyl groups is 1. The number of nitrogens with zero attached hydrogens (tertiary/aromatic N) is 2. The zero-order valence-electron chi connectivity index (χ0n) is 8.38. The largest absolute Gasteiger partial charge is 0.510 e. The van der Waals surface area contributed by atoms with Crippen LogP contribution in [0.15, 0.2) is 50.4 Å². The van der Waals surface area contributed by atoms with Crippen LogP contribution < -0.4 is 0 Å². The van der Waals surface area contributed by atoms with Gasteiger partial charge in [-0.2, -0.15) is 5.11 Å². The van der Waals surface area contributed by atoms with Crippen molar-refractivity contribution in [1.29, 1.82) is 0 Å². The number of carboxylic acid groups (broad SMARTS) is 1. The molecule has 5 nitrogen and oxygen atoms in total. The van der Waals surface area contributed by atoms with Crippen LogP contribution >= 0.6 is 15.9 Å². The first-order chi connectivity index (χ1) is 7.50. The number of azo groups is 1. The molecule has 0 bridgehead atoms. The maximum absolute atomic E-state index is 10.6. The summed E-state index contributed by atoms with van der Waals surface area (Å²) < 4.78 is 0.888. The molecular weight excluding hydrogens is 276 g/mol. The fraction of sp³-hybridized carbons (Fsp3) is 0.100. The first-order valence-corrected chi connectivity index (χ1v) is 5.10. The highest BCUT2D eigenvalue weighted by molar-refractivity contribution is 9.10. The van der Waals surface area contributed by atoms with Gasteiger partial charge >= 0.3 is 5.97 Å². The Labute approximate surface area is 100 Å². The maximum atomic E-state index is 10.6. The predicted molar refractivity (Wildman–Crippen MR) is 61.6 cm³/mol. The van der Waals surface area contributed by atoms with Gasteiger partial charge in [0.05, 0.1) is 5.69 Å². The van der Waals surface area contributed by atoms with Crippen molar-refractivity contribution in [3.8, 4) is 0 Å². The molecular formula is C10H9BrN2O3. The second-order valence-electron chi connectivity index (χ2n) is 2.92. The summed E-state index contributed by atoms with van der Waals surface area (Å²) in [6, 6.07) is 6.84. The van der Waals surface area contributed by atoms with Gasteiger partial charge in [-0.1, -0.05) is 15.9 Å². The van der Waals surface area contributed by atoms with Crippen molar-refractivity contribution < 1.29 is 15.0 Å². The van der Waals surface area contributed by atoms with Gasteiger partial charge in [-0.05, 0) is 31.2 Å².